The first-order valence-electron chi connectivity index (χ1n) is 12.6. The van der Waals surface area contributed by atoms with E-state index in [1.807, 2.05) is 26.0 Å². The minimum Gasteiger partial charge on any atom is -0.355 e. The predicted molar refractivity (Wildman–Crippen MR) is 157 cm³/mol. The third kappa shape index (κ3) is 7.32. The fourth-order valence-electron chi connectivity index (χ4n) is 4.03. The predicted octanol–water partition coefficient (Wildman–Crippen LogP) is 5.87. The average molecular weight is 591 g/mol. The Balaban J connectivity index is 2.07. The van der Waals surface area contributed by atoms with Crippen LogP contribution < -0.4 is 9.62 Å². The van der Waals surface area contributed by atoms with Crippen LogP contribution in [0.1, 0.15) is 44.7 Å². The summed E-state index contributed by atoms with van der Waals surface area (Å²) in [5, 5.41) is 3.39. The number of carbonyl (C=O) groups excluding carboxylic acids is 2. The van der Waals surface area contributed by atoms with Gasteiger partial charge in [0.05, 0.1) is 10.6 Å². The quantitative estimate of drug-likeness (QED) is 0.303. The zero-order chi connectivity index (χ0) is 28.7. The maximum absolute atomic E-state index is 13.9. The van der Waals surface area contributed by atoms with E-state index in [0.717, 1.165) is 9.87 Å². The number of nitrogens with one attached hydrogen (secondary N) is 1. The van der Waals surface area contributed by atoms with Crippen LogP contribution >= 0.6 is 23.2 Å². The van der Waals surface area contributed by atoms with Crippen LogP contribution in [-0.2, 0) is 26.2 Å². The zero-order valence-corrected chi connectivity index (χ0v) is 24.7. The minimum absolute atomic E-state index is 0.0446. The lowest BCUT2D eigenvalue weighted by molar-refractivity contribution is -0.139. The van der Waals surface area contributed by atoms with Crippen molar-refractivity contribution in [3.05, 3.63) is 94.0 Å². The molecule has 7 nitrogen and oxygen atoms in total. The van der Waals surface area contributed by atoms with Crippen molar-refractivity contribution in [1.82, 2.24) is 10.2 Å². The van der Waals surface area contributed by atoms with E-state index in [1.165, 1.54) is 17.0 Å². The number of likely N-dealkylation sites (N-methyl/N-ethyl adjacent to an activating group) is 1. The van der Waals surface area contributed by atoms with Crippen LogP contribution in [0.2, 0.25) is 10.0 Å². The van der Waals surface area contributed by atoms with E-state index in [4.69, 9.17) is 23.2 Å². The molecule has 0 bridgehead atoms. The fourth-order valence-corrected chi connectivity index (χ4v) is 5.98. The third-order valence-electron chi connectivity index (χ3n) is 6.37. The molecule has 2 amide bonds. The number of nitrogens with zero attached hydrogens (tertiary/aromatic N) is 2. The van der Waals surface area contributed by atoms with Crippen LogP contribution in [0, 0.1) is 0 Å². The van der Waals surface area contributed by atoms with Crippen LogP contribution in [0.4, 0.5) is 5.69 Å². The van der Waals surface area contributed by atoms with E-state index in [0.29, 0.717) is 27.8 Å². The normalized spacial score (nSPS) is 12.2. The summed E-state index contributed by atoms with van der Waals surface area (Å²) >= 11 is 12.8. The molecule has 0 aliphatic heterocycles. The summed E-state index contributed by atoms with van der Waals surface area (Å²) in [5.74, 6) is -0.724. The van der Waals surface area contributed by atoms with Gasteiger partial charge in [0, 0.05) is 28.7 Å². The molecule has 0 saturated carbocycles. The summed E-state index contributed by atoms with van der Waals surface area (Å²) in [6, 6.07) is 19.0. The maximum atomic E-state index is 13.9. The molecule has 0 radical (unpaired) electrons. The van der Waals surface area contributed by atoms with E-state index in [-0.39, 0.29) is 23.3 Å². The first-order chi connectivity index (χ1) is 18.5. The van der Waals surface area contributed by atoms with Gasteiger partial charge in [-0.05, 0) is 61.7 Å². The summed E-state index contributed by atoms with van der Waals surface area (Å²) < 4.78 is 28.7. The van der Waals surface area contributed by atoms with Crippen LogP contribution in [0.25, 0.3) is 0 Å². The van der Waals surface area contributed by atoms with E-state index in [9.17, 15) is 18.0 Å². The van der Waals surface area contributed by atoms with Crippen LogP contribution in [0.3, 0.4) is 0 Å². The Morgan fingerprint density at radius 1 is 0.872 bits per heavy atom. The average Bonchev–Trinajstić information content (AvgIpc) is 2.91. The molecule has 0 aromatic heterocycles. The number of anilines is 1. The zero-order valence-electron chi connectivity index (χ0n) is 22.4. The number of hydrogen-bond donors (Lipinski definition) is 1. The monoisotopic (exact) mass is 589 g/mol. The number of halogens is 2. The largest absolute Gasteiger partial charge is 0.355 e. The summed E-state index contributed by atoms with van der Waals surface area (Å²) in [5.41, 5.74) is 1.82. The highest BCUT2D eigenvalue weighted by Crippen LogP contribution is 2.29. The Morgan fingerprint density at radius 2 is 1.46 bits per heavy atom. The molecule has 0 aliphatic carbocycles. The van der Waals surface area contributed by atoms with Crippen molar-refractivity contribution in [1.29, 1.82) is 0 Å². The maximum Gasteiger partial charge on any atom is 0.264 e. The molecule has 1 N–H and O–H groups in total. The molecule has 10 heteroatoms. The number of amides is 2. The molecular formula is C29H33Cl2N3O4S. The standard InChI is InChI=1S/C29H33Cl2N3O4S/c1-5-32-29(36)21(4)33(18-25-26(30)12-9-13-27(25)31)28(35)19-34(23-16-14-22(15-17-23)20(2)3)39(37,38)24-10-7-6-8-11-24/h6-17,20-21H,5,18-19H2,1-4H3,(H,32,36)/t21-/m1/s1. The molecule has 208 valence electrons. The van der Waals surface area contributed by atoms with E-state index in [1.54, 1.807) is 62.4 Å². The first kappa shape index (κ1) is 30.5. The second-order valence-corrected chi connectivity index (χ2v) is 12.0. The van der Waals surface area contributed by atoms with Crippen molar-refractivity contribution in [3.63, 3.8) is 0 Å². The number of sulfonamides is 1. The first-order valence-corrected chi connectivity index (χ1v) is 14.8. The Bertz CT molecular complexity index is 1380. The van der Waals surface area contributed by atoms with Gasteiger partial charge in [-0.25, -0.2) is 8.42 Å². The molecule has 39 heavy (non-hydrogen) atoms. The Hall–Kier alpha value is -3.07. The van der Waals surface area contributed by atoms with Crippen LogP contribution in [0.5, 0.6) is 0 Å². The van der Waals surface area contributed by atoms with E-state index < -0.39 is 28.5 Å². The van der Waals surface area contributed by atoms with Gasteiger partial charge in [-0.1, -0.05) is 73.4 Å². The van der Waals surface area contributed by atoms with Gasteiger partial charge in [-0.2, -0.15) is 0 Å². The number of hydrogen-bond acceptors (Lipinski definition) is 4. The van der Waals surface area contributed by atoms with Gasteiger partial charge < -0.3 is 10.2 Å². The Labute approximate surface area is 240 Å². The molecule has 3 aromatic rings. The summed E-state index contributed by atoms with van der Waals surface area (Å²) in [6.07, 6.45) is 0. The van der Waals surface area contributed by atoms with Crippen molar-refractivity contribution < 1.29 is 18.0 Å². The minimum atomic E-state index is -4.13. The second-order valence-electron chi connectivity index (χ2n) is 9.36. The molecule has 1 atom stereocenters. The summed E-state index contributed by atoms with van der Waals surface area (Å²) in [6.45, 7) is 7.19. The van der Waals surface area contributed by atoms with E-state index >= 15 is 0 Å². The van der Waals surface area contributed by atoms with Crippen LogP contribution in [-0.4, -0.2) is 44.3 Å². The Morgan fingerprint density at radius 3 is 2.00 bits per heavy atom. The van der Waals surface area contributed by atoms with Gasteiger partial charge in [-0.15, -0.1) is 0 Å². The molecule has 0 unspecified atom stereocenters. The number of carbonyl (C=O) groups is 2. The van der Waals surface area contributed by atoms with Gasteiger partial charge in [-0.3, -0.25) is 13.9 Å². The van der Waals surface area contributed by atoms with Gasteiger partial charge in [0.25, 0.3) is 10.0 Å². The third-order valence-corrected chi connectivity index (χ3v) is 8.86. The highest BCUT2D eigenvalue weighted by molar-refractivity contribution is 7.92. The van der Waals surface area contributed by atoms with Crippen molar-refractivity contribution in [2.45, 2.75) is 51.1 Å². The lowest BCUT2D eigenvalue weighted by atomic mass is 10.0. The smallest absolute Gasteiger partial charge is 0.264 e. The molecule has 0 fully saturated rings. The molecule has 0 saturated heterocycles. The lowest BCUT2D eigenvalue weighted by Crippen LogP contribution is -2.51. The molecule has 0 spiro atoms. The van der Waals surface area contributed by atoms with Gasteiger partial charge in [0.2, 0.25) is 11.8 Å². The van der Waals surface area contributed by atoms with Crippen LogP contribution in [0.15, 0.2) is 77.7 Å². The topological polar surface area (TPSA) is 86.8 Å². The molecule has 0 aliphatic rings. The van der Waals surface area contributed by atoms with Crippen molar-refractivity contribution in [3.8, 4) is 0 Å². The number of rotatable bonds is 11. The molecular weight excluding hydrogens is 557 g/mol. The van der Waals surface area contributed by atoms with Crippen molar-refractivity contribution >= 4 is 50.7 Å². The summed E-state index contributed by atoms with van der Waals surface area (Å²) in [7, 11) is -4.13. The fraction of sp³-hybridized carbons (Fsp3) is 0.310. The molecule has 3 rings (SSSR count). The SMILES string of the molecule is CCNC(=O)[C@@H](C)N(Cc1c(Cl)cccc1Cl)C(=O)CN(c1ccc(C(C)C)cc1)S(=O)(=O)c1ccccc1. The highest BCUT2D eigenvalue weighted by atomic mass is 35.5. The second kappa shape index (κ2) is 13.3. The van der Waals surface area contributed by atoms with Crippen molar-refractivity contribution in [2.75, 3.05) is 17.4 Å². The summed E-state index contributed by atoms with van der Waals surface area (Å²) in [4.78, 5) is 28.1. The Kier molecular flexibility index (Phi) is 10.4. The highest BCUT2D eigenvalue weighted by Gasteiger charge is 2.33. The van der Waals surface area contributed by atoms with Gasteiger partial charge in [0.1, 0.15) is 12.6 Å². The number of benzene rings is 3. The van der Waals surface area contributed by atoms with E-state index in [2.05, 4.69) is 5.32 Å². The van der Waals surface area contributed by atoms with Gasteiger partial charge >= 0.3 is 0 Å². The lowest BCUT2D eigenvalue weighted by Gasteiger charge is -2.32. The van der Waals surface area contributed by atoms with Gasteiger partial charge in [0.15, 0.2) is 0 Å². The molecule has 0 heterocycles. The van der Waals surface area contributed by atoms with Crippen molar-refractivity contribution in [2.24, 2.45) is 0 Å². The molecule has 3 aromatic carbocycles.